The Morgan fingerprint density at radius 2 is 2.22 bits per heavy atom. The van der Waals surface area contributed by atoms with Crippen molar-refractivity contribution >= 4 is 10.2 Å². The van der Waals surface area contributed by atoms with Crippen molar-refractivity contribution in [2.24, 2.45) is 17.8 Å². The lowest BCUT2D eigenvalue weighted by molar-refractivity contribution is 0.493. The third-order valence-electron chi connectivity index (χ3n) is 2.79. The molecule has 0 N–H and O–H groups in total. The molecule has 0 saturated heterocycles. The van der Waals surface area contributed by atoms with Crippen molar-refractivity contribution in [3.8, 4) is 0 Å². The molecule has 2 bridgehead atoms. The molecular weight excluding hydrogens is 124 g/mol. The number of hydrogen-bond donors (Lipinski definition) is 0. The van der Waals surface area contributed by atoms with Crippen LogP contribution in [0.4, 0.5) is 0 Å². The highest BCUT2D eigenvalue weighted by atomic mass is 28.1. The Labute approximate surface area is 59.8 Å². The summed E-state index contributed by atoms with van der Waals surface area (Å²) in [5.74, 6) is 3.01. The fourth-order valence-electron chi connectivity index (χ4n) is 2.23. The van der Waals surface area contributed by atoms with Gasteiger partial charge in [0.2, 0.25) is 0 Å². The third-order valence-corrected chi connectivity index (χ3v) is 3.53. The first-order valence-electron chi connectivity index (χ1n) is 3.87. The Morgan fingerprint density at radius 1 is 1.33 bits per heavy atom. The number of rotatable bonds is 1. The number of hydrogen-bond acceptors (Lipinski definition) is 0. The van der Waals surface area contributed by atoms with E-state index >= 15 is 0 Å². The molecule has 0 aliphatic heterocycles. The summed E-state index contributed by atoms with van der Waals surface area (Å²) in [6, 6.07) is 1.42. The Bertz CT molecular complexity index is 140. The van der Waals surface area contributed by atoms with Crippen LogP contribution in [-0.2, 0) is 0 Å². The second-order valence-corrected chi connectivity index (χ2v) is 3.91. The van der Waals surface area contributed by atoms with Gasteiger partial charge >= 0.3 is 0 Å². The van der Waals surface area contributed by atoms with Crippen molar-refractivity contribution < 1.29 is 0 Å². The van der Waals surface area contributed by atoms with E-state index in [4.69, 9.17) is 0 Å². The first kappa shape index (κ1) is 5.72. The smallest absolute Gasteiger partial charge is 0.00836 e. The molecule has 49 valence electrons. The van der Waals surface area contributed by atoms with Crippen LogP contribution >= 0.6 is 0 Å². The maximum atomic E-state index is 2.44. The van der Waals surface area contributed by atoms with Crippen LogP contribution in [0.25, 0.3) is 0 Å². The van der Waals surface area contributed by atoms with Crippen LogP contribution in [0.15, 0.2) is 12.2 Å². The minimum atomic E-state index is 0.977. The molecule has 9 heavy (non-hydrogen) atoms. The van der Waals surface area contributed by atoms with Gasteiger partial charge in [-0.15, -0.1) is 0 Å². The predicted molar refractivity (Wildman–Crippen MR) is 42.2 cm³/mol. The summed E-state index contributed by atoms with van der Waals surface area (Å²) in [7, 11) is 2.14. The molecule has 0 nitrogen and oxygen atoms in total. The number of fused-ring (bicyclic) bond motifs is 2. The maximum Gasteiger partial charge on any atom is 0.00836 e. The SMILES string of the molecule is [SiH2]CC1CC2C=CC1C2. The largest absolute Gasteiger partial charge is 0.0851 e. The van der Waals surface area contributed by atoms with Gasteiger partial charge in [-0.3, -0.25) is 0 Å². The van der Waals surface area contributed by atoms with E-state index in [1.807, 2.05) is 0 Å². The van der Waals surface area contributed by atoms with Crippen molar-refractivity contribution in [2.45, 2.75) is 18.9 Å². The van der Waals surface area contributed by atoms with Gasteiger partial charge in [0.05, 0.1) is 0 Å². The summed E-state index contributed by atoms with van der Waals surface area (Å²) < 4.78 is 0. The molecule has 2 aliphatic carbocycles. The van der Waals surface area contributed by atoms with Gasteiger partial charge < -0.3 is 0 Å². The van der Waals surface area contributed by atoms with Gasteiger partial charge in [0.1, 0.15) is 0 Å². The summed E-state index contributed by atoms with van der Waals surface area (Å²) in [6.07, 6.45) is 7.82. The van der Waals surface area contributed by atoms with Crippen LogP contribution in [0, 0.1) is 17.8 Å². The van der Waals surface area contributed by atoms with E-state index in [-0.39, 0.29) is 0 Å². The van der Waals surface area contributed by atoms with E-state index in [1.54, 1.807) is 0 Å². The minimum Gasteiger partial charge on any atom is -0.0851 e. The van der Waals surface area contributed by atoms with Crippen LogP contribution in [-0.4, -0.2) is 10.2 Å². The molecule has 0 amide bonds. The predicted octanol–water partition coefficient (Wildman–Crippen LogP) is 1.25. The maximum absolute atomic E-state index is 2.44. The normalized spacial score (nSPS) is 46.6. The van der Waals surface area contributed by atoms with Crippen molar-refractivity contribution in [1.29, 1.82) is 0 Å². The van der Waals surface area contributed by atoms with Gasteiger partial charge in [-0.1, -0.05) is 18.2 Å². The molecule has 2 aliphatic rings. The Kier molecular flexibility index (Phi) is 1.26. The van der Waals surface area contributed by atoms with Gasteiger partial charge in [-0.05, 0) is 30.6 Å². The summed E-state index contributed by atoms with van der Waals surface area (Å²) in [6.45, 7) is 0. The fourth-order valence-corrected chi connectivity index (χ4v) is 2.89. The van der Waals surface area contributed by atoms with Crippen molar-refractivity contribution in [3.05, 3.63) is 12.2 Å². The van der Waals surface area contributed by atoms with Crippen molar-refractivity contribution in [2.75, 3.05) is 0 Å². The Hall–Kier alpha value is -0.0431. The molecule has 1 fully saturated rings. The van der Waals surface area contributed by atoms with Crippen molar-refractivity contribution in [1.82, 2.24) is 0 Å². The lowest BCUT2D eigenvalue weighted by atomic mass is 9.96. The summed E-state index contributed by atoms with van der Waals surface area (Å²) >= 11 is 0. The first-order valence-corrected chi connectivity index (χ1v) is 4.87. The highest BCUT2D eigenvalue weighted by Gasteiger charge is 2.33. The molecular formula is C8H13Si. The third kappa shape index (κ3) is 0.786. The van der Waals surface area contributed by atoms with Crippen LogP contribution < -0.4 is 0 Å². The monoisotopic (exact) mass is 137 g/mol. The van der Waals surface area contributed by atoms with Gasteiger partial charge in [0, 0.05) is 10.2 Å². The van der Waals surface area contributed by atoms with Crippen LogP contribution in [0.5, 0.6) is 0 Å². The summed E-state index contributed by atoms with van der Waals surface area (Å²) in [4.78, 5) is 0. The molecule has 0 heterocycles. The van der Waals surface area contributed by atoms with Crippen LogP contribution in [0.3, 0.4) is 0 Å². The van der Waals surface area contributed by atoms with E-state index < -0.39 is 0 Å². The zero-order valence-electron chi connectivity index (χ0n) is 5.72. The molecule has 0 spiro atoms. The van der Waals surface area contributed by atoms with Crippen molar-refractivity contribution in [3.63, 3.8) is 0 Å². The van der Waals surface area contributed by atoms with E-state index in [9.17, 15) is 0 Å². The zero-order valence-corrected chi connectivity index (χ0v) is 7.13. The molecule has 2 rings (SSSR count). The molecule has 1 heteroatoms. The zero-order chi connectivity index (χ0) is 6.27. The standard InChI is InChI=1S/C8H13Si/c9-5-8-4-6-1-2-7(8)3-6/h1-2,6-8H,3-5,9H2. The molecule has 3 unspecified atom stereocenters. The summed E-state index contributed by atoms with van der Waals surface area (Å²) in [5, 5.41) is 0. The fraction of sp³-hybridized carbons (Fsp3) is 0.750. The van der Waals surface area contributed by atoms with E-state index in [0.717, 1.165) is 17.8 Å². The second kappa shape index (κ2) is 1.98. The highest BCUT2D eigenvalue weighted by Crippen LogP contribution is 2.44. The Balaban J connectivity index is 2.10. The quantitative estimate of drug-likeness (QED) is 0.377. The lowest BCUT2D eigenvalue weighted by Crippen LogP contribution is -2.04. The average Bonchev–Trinajstić information content (AvgIpc) is 2.45. The molecule has 1 saturated carbocycles. The van der Waals surface area contributed by atoms with Gasteiger partial charge in [-0.2, -0.15) is 0 Å². The molecule has 0 aromatic rings. The molecule has 0 aromatic carbocycles. The molecule has 1 radical (unpaired) electrons. The van der Waals surface area contributed by atoms with E-state index in [1.165, 1.54) is 18.9 Å². The number of allylic oxidation sites excluding steroid dienone is 2. The van der Waals surface area contributed by atoms with E-state index in [0.29, 0.717) is 0 Å². The van der Waals surface area contributed by atoms with Crippen LogP contribution in [0.2, 0.25) is 6.04 Å². The lowest BCUT2D eigenvalue weighted by Gasteiger charge is -2.14. The summed E-state index contributed by atoms with van der Waals surface area (Å²) in [5.41, 5.74) is 0. The van der Waals surface area contributed by atoms with Gasteiger partial charge in [0.25, 0.3) is 0 Å². The van der Waals surface area contributed by atoms with Crippen LogP contribution in [0.1, 0.15) is 12.8 Å². The second-order valence-electron chi connectivity index (χ2n) is 3.33. The van der Waals surface area contributed by atoms with Gasteiger partial charge in [0.15, 0.2) is 0 Å². The minimum absolute atomic E-state index is 0.977. The average molecular weight is 137 g/mol. The molecule has 0 aromatic heterocycles. The Morgan fingerprint density at radius 3 is 2.56 bits per heavy atom. The highest BCUT2D eigenvalue weighted by molar-refractivity contribution is 6.08. The van der Waals surface area contributed by atoms with Gasteiger partial charge in [-0.25, -0.2) is 0 Å². The van der Waals surface area contributed by atoms with E-state index in [2.05, 4.69) is 22.4 Å². The topological polar surface area (TPSA) is 0 Å². The first-order chi connectivity index (χ1) is 4.40. The molecule has 3 atom stereocenters.